The van der Waals surface area contributed by atoms with E-state index >= 15 is 0 Å². The van der Waals surface area contributed by atoms with Crippen LogP contribution in [-0.4, -0.2) is 15.8 Å². The van der Waals surface area contributed by atoms with Crippen LogP contribution in [0.25, 0.3) is 10.9 Å². The van der Waals surface area contributed by atoms with Crippen LogP contribution in [0.2, 0.25) is 0 Å². The highest BCUT2D eigenvalue weighted by molar-refractivity contribution is 5.95. The Morgan fingerprint density at radius 1 is 1.05 bits per heavy atom. The first-order valence-corrected chi connectivity index (χ1v) is 6.06. The fourth-order valence-corrected chi connectivity index (χ4v) is 1.91. The second-order valence-electron chi connectivity index (χ2n) is 4.22. The van der Waals surface area contributed by atoms with Gasteiger partial charge in [-0.15, -0.1) is 0 Å². The number of aromatic nitrogens is 2. The lowest BCUT2D eigenvalue weighted by atomic mass is 10.2. The van der Waals surface area contributed by atoms with Gasteiger partial charge in [0.2, 0.25) is 0 Å². The lowest BCUT2D eigenvalue weighted by molar-refractivity contribution is 0.479. The van der Waals surface area contributed by atoms with Crippen LogP contribution in [-0.2, 0) is 0 Å². The van der Waals surface area contributed by atoms with Gasteiger partial charge in [-0.25, -0.2) is 4.98 Å². The summed E-state index contributed by atoms with van der Waals surface area (Å²) in [6, 6.07) is 13.0. The number of nitrogen functional groups attached to an aromatic ring is 1. The highest BCUT2D eigenvalue weighted by Crippen LogP contribution is 2.26. The molecule has 5 heteroatoms. The molecule has 0 amide bonds. The Hall–Kier alpha value is -2.95. The number of benzene rings is 1. The molecule has 98 valence electrons. The summed E-state index contributed by atoms with van der Waals surface area (Å²) < 4.78 is 5.76. The first kappa shape index (κ1) is 12.1. The van der Waals surface area contributed by atoms with Crippen molar-refractivity contribution in [2.45, 2.75) is 0 Å². The fraction of sp³-hybridized carbons (Fsp3) is 0. The lowest BCUT2D eigenvalue weighted by Crippen LogP contribution is -2.14. The maximum absolute atomic E-state index is 7.50. The fourth-order valence-electron chi connectivity index (χ4n) is 1.91. The van der Waals surface area contributed by atoms with Crippen LogP contribution >= 0.6 is 0 Å². The SMILES string of the molecule is N=C(N)c1ncccc1Oc1ccc2cccnc2c1. The molecule has 0 unspecified atom stereocenters. The summed E-state index contributed by atoms with van der Waals surface area (Å²) in [7, 11) is 0. The van der Waals surface area contributed by atoms with E-state index in [4.69, 9.17) is 15.9 Å². The molecule has 0 radical (unpaired) electrons. The second-order valence-corrected chi connectivity index (χ2v) is 4.22. The Balaban J connectivity index is 1.99. The van der Waals surface area contributed by atoms with Gasteiger partial charge in [-0.2, -0.15) is 0 Å². The number of hydrogen-bond acceptors (Lipinski definition) is 4. The monoisotopic (exact) mass is 264 g/mol. The highest BCUT2D eigenvalue weighted by atomic mass is 16.5. The first-order valence-electron chi connectivity index (χ1n) is 6.06. The average Bonchev–Trinajstić information content (AvgIpc) is 2.47. The van der Waals surface area contributed by atoms with Crippen molar-refractivity contribution in [1.82, 2.24) is 9.97 Å². The molecular weight excluding hydrogens is 252 g/mol. The predicted octanol–water partition coefficient (Wildman–Crippen LogP) is 2.71. The van der Waals surface area contributed by atoms with Crippen molar-refractivity contribution in [3.63, 3.8) is 0 Å². The van der Waals surface area contributed by atoms with Gasteiger partial charge in [-0.3, -0.25) is 10.4 Å². The number of nitrogens with one attached hydrogen (secondary N) is 1. The molecule has 1 aromatic carbocycles. The summed E-state index contributed by atoms with van der Waals surface area (Å²) in [5.41, 5.74) is 6.66. The Morgan fingerprint density at radius 2 is 1.85 bits per heavy atom. The van der Waals surface area contributed by atoms with Gasteiger partial charge in [-0.05, 0) is 30.3 Å². The number of hydrogen-bond donors (Lipinski definition) is 2. The van der Waals surface area contributed by atoms with E-state index in [1.165, 1.54) is 0 Å². The van der Waals surface area contributed by atoms with Crippen LogP contribution in [0.5, 0.6) is 11.5 Å². The van der Waals surface area contributed by atoms with Crippen molar-refractivity contribution in [2.24, 2.45) is 5.73 Å². The van der Waals surface area contributed by atoms with Gasteiger partial charge in [0.25, 0.3) is 0 Å². The van der Waals surface area contributed by atoms with Crippen LogP contribution in [0.4, 0.5) is 0 Å². The summed E-state index contributed by atoms with van der Waals surface area (Å²) in [5, 5.41) is 8.54. The number of fused-ring (bicyclic) bond motifs is 1. The molecule has 0 aliphatic rings. The van der Waals surface area contributed by atoms with Crippen LogP contribution in [0, 0.1) is 5.41 Å². The lowest BCUT2D eigenvalue weighted by Gasteiger charge is -2.09. The van der Waals surface area contributed by atoms with Crippen molar-refractivity contribution in [3.05, 3.63) is 60.6 Å². The highest BCUT2D eigenvalue weighted by Gasteiger charge is 2.08. The van der Waals surface area contributed by atoms with E-state index in [-0.39, 0.29) is 5.84 Å². The molecule has 0 aliphatic heterocycles. The average molecular weight is 264 g/mol. The zero-order valence-corrected chi connectivity index (χ0v) is 10.6. The summed E-state index contributed by atoms with van der Waals surface area (Å²) >= 11 is 0. The minimum absolute atomic E-state index is 0.125. The molecule has 0 atom stereocenters. The van der Waals surface area contributed by atoms with Gasteiger partial charge in [0.05, 0.1) is 5.52 Å². The molecule has 0 saturated heterocycles. The van der Waals surface area contributed by atoms with Crippen molar-refractivity contribution in [3.8, 4) is 11.5 Å². The molecule has 2 heterocycles. The molecule has 3 aromatic rings. The topological polar surface area (TPSA) is 84.9 Å². The number of pyridine rings is 2. The van der Waals surface area contributed by atoms with E-state index in [0.29, 0.717) is 17.2 Å². The Morgan fingerprint density at radius 3 is 2.70 bits per heavy atom. The number of amidine groups is 1. The molecule has 5 nitrogen and oxygen atoms in total. The molecule has 2 aromatic heterocycles. The largest absolute Gasteiger partial charge is 0.455 e. The number of nitrogens with zero attached hydrogens (tertiary/aromatic N) is 2. The van der Waals surface area contributed by atoms with Crippen molar-refractivity contribution in [2.75, 3.05) is 0 Å². The van der Waals surface area contributed by atoms with Crippen molar-refractivity contribution >= 4 is 16.7 Å². The molecule has 0 bridgehead atoms. The van der Waals surface area contributed by atoms with Crippen LogP contribution in [0.1, 0.15) is 5.69 Å². The quantitative estimate of drug-likeness (QED) is 0.562. The minimum atomic E-state index is -0.125. The third kappa shape index (κ3) is 2.29. The van der Waals surface area contributed by atoms with Crippen LogP contribution < -0.4 is 10.5 Å². The van der Waals surface area contributed by atoms with E-state index in [2.05, 4.69) is 9.97 Å². The molecule has 0 fully saturated rings. The number of nitrogens with two attached hydrogens (primary N) is 1. The van der Waals surface area contributed by atoms with E-state index in [1.54, 1.807) is 24.5 Å². The third-order valence-electron chi connectivity index (χ3n) is 2.83. The Labute approximate surface area is 115 Å². The zero-order chi connectivity index (χ0) is 13.9. The third-order valence-corrected chi connectivity index (χ3v) is 2.83. The maximum Gasteiger partial charge on any atom is 0.156 e. The standard InChI is InChI=1S/C15H12N4O/c16-15(17)14-13(4-2-8-19-14)20-11-6-5-10-3-1-7-18-12(10)9-11/h1-9H,(H3,16,17). The van der Waals surface area contributed by atoms with E-state index in [0.717, 1.165) is 10.9 Å². The predicted molar refractivity (Wildman–Crippen MR) is 77.1 cm³/mol. The molecule has 20 heavy (non-hydrogen) atoms. The van der Waals surface area contributed by atoms with Crippen molar-refractivity contribution < 1.29 is 4.74 Å². The van der Waals surface area contributed by atoms with E-state index in [1.807, 2.05) is 30.3 Å². The Bertz CT molecular complexity index is 785. The smallest absolute Gasteiger partial charge is 0.156 e. The van der Waals surface area contributed by atoms with Gasteiger partial charge < -0.3 is 10.5 Å². The van der Waals surface area contributed by atoms with Gasteiger partial charge >= 0.3 is 0 Å². The first-order chi connectivity index (χ1) is 9.74. The normalized spacial score (nSPS) is 10.4. The molecule has 0 aliphatic carbocycles. The molecule has 3 rings (SSSR count). The number of ether oxygens (including phenoxy) is 1. The molecular formula is C15H12N4O. The maximum atomic E-state index is 7.50. The second kappa shape index (κ2) is 4.97. The molecule has 0 saturated carbocycles. The van der Waals surface area contributed by atoms with Gasteiger partial charge in [0, 0.05) is 23.8 Å². The van der Waals surface area contributed by atoms with Crippen molar-refractivity contribution in [1.29, 1.82) is 5.41 Å². The van der Waals surface area contributed by atoms with Gasteiger partial charge in [-0.1, -0.05) is 6.07 Å². The molecule has 0 spiro atoms. The Kier molecular flexibility index (Phi) is 3.01. The van der Waals surface area contributed by atoms with E-state index < -0.39 is 0 Å². The number of rotatable bonds is 3. The summed E-state index contributed by atoms with van der Waals surface area (Å²) in [4.78, 5) is 8.32. The van der Waals surface area contributed by atoms with Gasteiger partial charge in [0.1, 0.15) is 17.3 Å². The molecule has 3 N–H and O–H groups in total. The van der Waals surface area contributed by atoms with Crippen LogP contribution in [0.3, 0.4) is 0 Å². The van der Waals surface area contributed by atoms with Crippen LogP contribution in [0.15, 0.2) is 54.9 Å². The summed E-state index contributed by atoms with van der Waals surface area (Å²) in [6.45, 7) is 0. The zero-order valence-electron chi connectivity index (χ0n) is 10.6. The summed E-state index contributed by atoms with van der Waals surface area (Å²) in [5.74, 6) is 0.960. The van der Waals surface area contributed by atoms with Gasteiger partial charge in [0.15, 0.2) is 5.75 Å². The van der Waals surface area contributed by atoms with E-state index in [9.17, 15) is 0 Å². The summed E-state index contributed by atoms with van der Waals surface area (Å²) in [6.07, 6.45) is 3.31. The minimum Gasteiger partial charge on any atom is -0.455 e.